The van der Waals surface area contributed by atoms with Crippen LogP contribution in [0.5, 0.6) is 5.75 Å². The molecule has 152 valence electrons. The van der Waals surface area contributed by atoms with E-state index in [1.165, 1.54) is 9.13 Å². The van der Waals surface area contributed by atoms with Crippen molar-refractivity contribution in [2.45, 2.75) is 33.0 Å². The molecule has 0 amide bonds. The van der Waals surface area contributed by atoms with E-state index in [0.29, 0.717) is 43.3 Å². The van der Waals surface area contributed by atoms with E-state index in [9.17, 15) is 9.59 Å². The lowest BCUT2D eigenvalue weighted by atomic mass is 10.2. The van der Waals surface area contributed by atoms with Crippen LogP contribution < -0.4 is 16.0 Å². The molecule has 1 aliphatic heterocycles. The number of aryl methyl sites for hydroxylation is 2. The first-order valence-electron chi connectivity index (χ1n) is 9.76. The monoisotopic (exact) mass is 396 g/mol. The zero-order valence-corrected chi connectivity index (χ0v) is 16.8. The lowest BCUT2D eigenvalue weighted by Gasteiger charge is -2.26. The van der Waals surface area contributed by atoms with Gasteiger partial charge in [0.25, 0.3) is 5.56 Å². The van der Waals surface area contributed by atoms with Gasteiger partial charge in [0.05, 0.1) is 13.2 Å². The summed E-state index contributed by atoms with van der Waals surface area (Å²) in [5.74, 6) is 1.42. The number of nitrogens with zero attached hydrogens (tertiary/aromatic N) is 4. The number of rotatable bonds is 6. The maximum absolute atomic E-state index is 12.8. The summed E-state index contributed by atoms with van der Waals surface area (Å²) in [4.78, 5) is 29.9. The molecule has 3 heterocycles. The molecule has 0 saturated carbocycles. The highest BCUT2D eigenvalue weighted by Crippen LogP contribution is 2.18. The van der Waals surface area contributed by atoms with Gasteiger partial charge in [0.1, 0.15) is 17.7 Å². The van der Waals surface area contributed by atoms with E-state index < -0.39 is 0 Å². The van der Waals surface area contributed by atoms with Crippen molar-refractivity contribution in [1.29, 1.82) is 0 Å². The van der Waals surface area contributed by atoms with Crippen LogP contribution in [0.1, 0.15) is 25.2 Å². The van der Waals surface area contributed by atoms with Crippen LogP contribution in [0.4, 0.5) is 0 Å². The molecular weight excluding hydrogens is 372 g/mol. The Morgan fingerprint density at radius 3 is 2.38 bits per heavy atom. The standard InChI is InChI=1S/C21H24N4O4/c1-4-24-19-18(20(26)25(5-2)21(24)27)23(3)17(22-19)11-8-14-6-9-15(10-7-14)29-16-12-28-13-16/h6-11,16H,4-5,12-13H2,1-3H3. The topological polar surface area (TPSA) is 80.3 Å². The van der Waals surface area contributed by atoms with Crippen molar-refractivity contribution in [2.75, 3.05) is 13.2 Å². The molecule has 0 atom stereocenters. The van der Waals surface area contributed by atoms with E-state index >= 15 is 0 Å². The Bertz CT molecular complexity index is 1180. The second kappa shape index (κ2) is 7.71. The first-order chi connectivity index (χ1) is 14.0. The van der Waals surface area contributed by atoms with Gasteiger partial charge in [0.2, 0.25) is 0 Å². The maximum atomic E-state index is 12.8. The Morgan fingerprint density at radius 2 is 1.79 bits per heavy atom. The van der Waals surface area contributed by atoms with E-state index in [1.807, 2.05) is 43.3 Å². The molecule has 8 heteroatoms. The van der Waals surface area contributed by atoms with Crippen LogP contribution in [-0.2, 0) is 24.9 Å². The second-order valence-corrected chi connectivity index (χ2v) is 6.96. The molecule has 2 aromatic heterocycles. The van der Waals surface area contributed by atoms with Gasteiger partial charge < -0.3 is 14.0 Å². The van der Waals surface area contributed by atoms with Gasteiger partial charge in [-0.3, -0.25) is 13.9 Å². The third-order valence-electron chi connectivity index (χ3n) is 5.12. The van der Waals surface area contributed by atoms with E-state index in [2.05, 4.69) is 4.98 Å². The van der Waals surface area contributed by atoms with Crippen molar-refractivity contribution >= 4 is 23.3 Å². The number of imidazole rings is 1. The summed E-state index contributed by atoms with van der Waals surface area (Å²) >= 11 is 0. The predicted octanol–water partition coefficient (Wildman–Crippen LogP) is 1.88. The van der Waals surface area contributed by atoms with Crippen molar-refractivity contribution in [3.8, 4) is 5.75 Å². The third kappa shape index (κ3) is 3.40. The zero-order chi connectivity index (χ0) is 20.5. The van der Waals surface area contributed by atoms with Gasteiger partial charge in [0, 0.05) is 20.1 Å². The number of ether oxygens (including phenoxy) is 2. The number of fused-ring (bicyclic) bond motifs is 1. The molecule has 1 aliphatic rings. The van der Waals surface area contributed by atoms with E-state index in [-0.39, 0.29) is 17.4 Å². The van der Waals surface area contributed by atoms with E-state index in [4.69, 9.17) is 9.47 Å². The van der Waals surface area contributed by atoms with Crippen LogP contribution in [-0.4, -0.2) is 38.0 Å². The van der Waals surface area contributed by atoms with Crippen molar-refractivity contribution in [3.05, 3.63) is 56.5 Å². The van der Waals surface area contributed by atoms with Crippen molar-refractivity contribution in [1.82, 2.24) is 18.7 Å². The molecule has 4 rings (SSSR count). The Morgan fingerprint density at radius 1 is 1.10 bits per heavy atom. The Kier molecular flexibility index (Phi) is 5.10. The molecule has 1 saturated heterocycles. The first-order valence-corrected chi connectivity index (χ1v) is 9.76. The molecule has 1 fully saturated rings. The average molecular weight is 396 g/mol. The fraction of sp³-hybridized carbons (Fsp3) is 0.381. The van der Waals surface area contributed by atoms with Gasteiger partial charge in [-0.15, -0.1) is 0 Å². The molecule has 3 aromatic rings. The smallest absolute Gasteiger partial charge is 0.332 e. The molecule has 0 aliphatic carbocycles. The van der Waals surface area contributed by atoms with Crippen LogP contribution in [0.2, 0.25) is 0 Å². The summed E-state index contributed by atoms with van der Waals surface area (Å²) in [5, 5.41) is 0. The minimum atomic E-state index is -0.325. The molecular formula is C21H24N4O4. The van der Waals surface area contributed by atoms with Gasteiger partial charge in [-0.1, -0.05) is 18.2 Å². The van der Waals surface area contributed by atoms with Crippen molar-refractivity contribution in [2.24, 2.45) is 7.05 Å². The summed E-state index contributed by atoms with van der Waals surface area (Å²) in [5.41, 5.74) is 1.19. The van der Waals surface area contributed by atoms with Crippen molar-refractivity contribution < 1.29 is 9.47 Å². The maximum Gasteiger partial charge on any atom is 0.332 e. The molecule has 29 heavy (non-hydrogen) atoms. The highest BCUT2D eigenvalue weighted by Gasteiger charge is 2.20. The number of hydrogen-bond acceptors (Lipinski definition) is 5. The Hall–Kier alpha value is -3.13. The highest BCUT2D eigenvalue weighted by atomic mass is 16.6. The number of aromatic nitrogens is 4. The molecule has 8 nitrogen and oxygen atoms in total. The molecule has 0 bridgehead atoms. The normalized spacial score (nSPS) is 14.6. The van der Waals surface area contributed by atoms with Crippen molar-refractivity contribution in [3.63, 3.8) is 0 Å². The number of hydrogen-bond donors (Lipinski definition) is 0. The van der Waals surface area contributed by atoms with Gasteiger partial charge in [-0.05, 0) is 37.6 Å². The summed E-state index contributed by atoms with van der Waals surface area (Å²) in [6, 6.07) is 7.75. The minimum absolute atomic E-state index is 0.139. The summed E-state index contributed by atoms with van der Waals surface area (Å²) in [6.45, 7) is 5.70. The Balaban J connectivity index is 1.67. The predicted molar refractivity (Wildman–Crippen MR) is 111 cm³/mol. The lowest BCUT2D eigenvalue weighted by molar-refractivity contribution is -0.0796. The molecule has 0 radical (unpaired) electrons. The van der Waals surface area contributed by atoms with E-state index in [1.54, 1.807) is 18.5 Å². The van der Waals surface area contributed by atoms with Gasteiger partial charge in [0.15, 0.2) is 11.2 Å². The highest BCUT2D eigenvalue weighted by molar-refractivity contribution is 5.76. The van der Waals surface area contributed by atoms with Gasteiger partial charge >= 0.3 is 5.69 Å². The molecule has 0 spiro atoms. The van der Waals surface area contributed by atoms with Crippen LogP contribution >= 0.6 is 0 Å². The van der Waals surface area contributed by atoms with Gasteiger partial charge in [-0.2, -0.15) is 0 Å². The average Bonchev–Trinajstić information content (AvgIpc) is 3.01. The van der Waals surface area contributed by atoms with Crippen LogP contribution in [0, 0.1) is 0 Å². The number of benzene rings is 1. The van der Waals surface area contributed by atoms with Crippen LogP contribution in [0.3, 0.4) is 0 Å². The molecule has 0 unspecified atom stereocenters. The SMILES string of the molecule is CCn1c(=O)c2c(nc(C=Cc3ccc(OC4COC4)cc3)n2C)n(CC)c1=O. The van der Waals surface area contributed by atoms with Gasteiger partial charge in [-0.25, -0.2) is 9.78 Å². The van der Waals surface area contributed by atoms with Crippen LogP contribution in [0.25, 0.3) is 23.3 Å². The summed E-state index contributed by atoms with van der Waals surface area (Å²) in [6.07, 6.45) is 3.90. The first kappa shape index (κ1) is 19.2. The van der Waals surface area contributed by atoms with E-state index in [0.717, 1.165) is 11.3 Å². The fourth-order valence-electron chi connectivity index (χ4n) is 3.40. The fourth-order valence-corrected chi connectivity index (χ4v) is 3.40. The largest absolute Gasteiger partial charge is 0.486 e. The second-order valence-electron chi connectivity index (χ2n) is 6.96. The molecule has 1 aromatic carbocycles. The molecule has 0 N–H and O–H groups in total. The summed E-state index contributed by atoms with van der Waals surface area (Å²) in [7, 11) is 1.79. The quantitative estimate of drug-likeness (QED) is 0.636. The zero-order valence-electron chi connectivity index (χ0n) is 16.8. The summed E-state index contributed by atoms with van der Waals surface area (Å²) < 4.78 is 15.4. The third-order valence-corrected chi connectivity index (χ3v) is 5.12. The Labute approximate surface area is 167 Å². The minimum Gasteiger partial charge on any atom is -0.486 e. The van der Waals surface area contributed by atoms with Crippen LogP contribution in [0.15, 0.2) is 33.9 Å². The lowest BCUT2D eigenvalue weighted by Crippen LogP contribution is -2.39.